The Morgan fingerprint density at radius 2 is 1.06 bits per heavy atom. The Kier molecular flexibility index (Phi) is 3.55. The van der Waals surface area contributed by atoms with Gasteiger partial charge < -0.3 is 0 Å². The average molecular weight is 278 g/mol. The lowest BCUT2D eigenvalue weighted by Gasteiger charge is -2.47. The third-order valence-electron chi connectivity index (χ3n) is 4.70. The summed E-state index contributed by atoms with van der Waals surface area (Å²) in [6.07, 6.45) is 2.89. The van der Waals surface area contributed by atoms with E-state index in [2.05, 4.69) is 52.0 Å². The average Bonchev–Trinajstić information content (AvgIpc) is 2.31. The Balaban J connectivity index is 1.95. The van der Waals surface area contributed by atoms with Gasteiger partial charge in [0.2, 0.25) is 0 Å². The van der Waals surface area contributed by atoms with E-state index in [1.54, 1.807) is 10.6 Å². The fourth-order valence-electron chi connectivity index (χ4n) is 3.89. The second-order valence-electron chi connectivity index (χ2n) is 6.17. The zero-order valence-corrected chi connectivity index (χ0v) is 13.7. The standard InChI is InChI=1S/C16H24P2/c1-11-9-12(2)17(11)15-7-5-6-8-16(15)18-13(3)10-14(18)4/h5-8,11-14H,9-10H2,1-4H3/t11-,12+,13-,14+,17?,18?. The topological polar surface area (TPSA) is 0 Å². The van der Waals surface area contributed by atoms with Crippen molar-refractivity contribution in [2.24, 2.45) is 0 Å². The van der Waals surface area contributed by atoms with Crippen molar-refractivity contribution in [2.45, 2.75) is 63.2 Å². The van der Waals surface area contributed by atoms with Crippen LogP contribution in [0.2, 0.25) is 0 Å². The fourth-order valence-corrected chi connectivity index (χ4v) is 10.8. The quantitative estimate of drug-likeness (QED) is 0.709. The molecular formula is C16H24P2. The number of benzene rings is 1. The molecule has 2 saturated heterocycles. The van der Waals surface area contributed by atoms with Crippen LogP contribution < -0.4 is 10.6 Å². The van der Waals surface area contributed by atoms with Crippen molar-refractivity contribution >= 4 is 26.5 Å². The first-order chi connectivity index (χ1) is 8.59. The van der Waals surface area contributed by atoms with Gasteiger partial charge >= 0.3 is 0 Å². The molecule has 0 aromatic heterocycles. The lowest BCUT2D eigenvalue weighted by atomic mass is 10.2. The minimum Gasteiger partial charge on any atom is -0.0688 e. The van der Waals surface area contributed by atoms with E-state index in [4.69, 9.17) is 0 Å². The Morgan fingerprint density at radius 3 is 1.33 bits per heavy atom. The molecule has 0 spiro atoms. The van der Waals surface area contributed by atoms with Gasteiger partial charge in [-0.2, -0.15) is 0 Å². The molecule has 2 aliphatic heterocycles. The first kappa shape index (κ1) is 13.1. The van der Waals surface area contributed by atoms with Gasteiger partial charge in [-0.15, -0.1) is 0 Å². The third kappa shape index (κ3) is 1.97. The summed E-state index contributed by atoms with van der Waals surface area (Å²) in [6, 6.07) is 9.44. The van der Waals surface area contributed by atoms with Gasteiger partial charge in [-0.05, 0) is 46.1 Å². The van der Waals surface area contributed by atoms with Gasteiger partial charge in [-0.3, -0.25) is 0 Å². The second-order valence-corrected chi connectivity index (χ2v) is 12.3. The van der Waals surface area contributed by atoms with E-state index in [9.17, 15) is 0 Å². The van der Waals surface area contributed by atoms with E-state index >= 15 is 0 Å². The van der Waals surface area contributed by atoms with Crippen molar-refractivity contribution < 1.29 is 0 Å². The number of hydrogen-bond donors (Lipinski definition) is 0. The molecule has 0 nitrogen and oxygen atoms in total. The maximum Gasteiger partial charge on any atom is -0.0158 e. The molecule has 1 aromatic carbocycles. The van der Waals surface area contributed by atoms with Crippen LogP contribution in [0, 0.1) is 0 Å². The molecule has 98 valence electrons. The van der Waals surface area contributed by atoms with E-state index < -0.39 is 0 Å². The van der Waals surface area contributed by atoms with Gasteiger partial charge in [0.25, 0.3) is 0 Å². The molecule has 18 heavy (non-hydrogen) atoms. The van der Waals surface area contributed by atoms with Gasteiger partial charge in [0, 0.05) is 0 Å². The van der Waals surface area contributed by atoms with E-state index in [0.29, 0.717) is 0 Å². The third-order valence-corrected chi connectivity index (χ3v) is 11.4. The van der Waals surface area contributed by atoms with Crippen LogP contribution in [0.3, 0.4) is 0 Å². The zero-order valence-electron chi connectivity index (χ0n) is 11.9. The van der Waals surface area contributed by atoms with Gasteiger partial charge in [0.05, 0.1) is 0 Å². The molecular weight excluding hydrogens is 254 g/mol. The molecule has 1 aromatic rings. The normalized spacial score (nSPS) is 43.1. The van der Waals surface area contributed by atoms with Gasteiger partial charge in [0.1, 0.15) is 0 Å². The Bertz CT molecular complexity index is 385. The molecule has 6 atom stereocenters. The van der Waals surface area contributed by atoms with E-state index in [1.165, 1.54) is 12.8 Å². The molecule has 2 heterocycles. The van der Waals surface area contributed by atoms with E-state index in [0.717, 1.165) is 22.6 Å². The van der Waals surface area contributed by atoms with Crippen LogP contribution in [0.25, 0.3) is 0 Å². The minimum absolute atomic E-state index is 0.138. The van der Waals surface area contributed by atoms with Crippen molar-refractivity contribution in [1.82, 2.24) is 0 Å². The Morgan fingerprint density at radius 1 is 0.722 bits per heavy atom. The number of rotatable bonds is 2. The van der Waals surface area contributed by atoms with Crippen molar-refractivity contribution in [1.29, 1.82) is 0 Å². The highest BCUT2D eigenvalue weighted by atomic mass is 31.1. The lowest BCUT2D eigenvalue weighted by Crippen LogP contribution is -2.41. The number of hydrogen-bond acceptors (Lipinski definition) is 0. The van der Waals surface area contributed by atoms with E-state index in [-0.39, 0.29) is 15.8 Å². The van der Waals surface area contributed by atoms with Gasteiger partial charge in [-0.1, -0.05) is 67.8 Å². The molecule has 0 bridgehead atoms. The van der Waals surface area contributed by atoms with Crippen LogP contribution in [0.5, 0.6) is 0 Å². The van der Waals surface area contributed by atoms with E-state index in [1.807, 2.05) is 0 Å². The Hall–Kier alpha value is 0.0800. The summed E-state index contributed by atoms with van der Waals surface area (Å²) in [7, 11) is 0.275. The molecule has 0 amide bonds. The van der Waals surface area contributed by atoms with Crippen molar-refractivity contribution in [2.75, 3.05) is 0 Å². The van der Waals surface area contributed by atoms with Crippen molar-refractivity contribution in [3.63, 3.8) is 0 Å². The summed E-state index contributed by atoms with van der Waals surface area (Å²) in [5.74, 6) is 0. The summed E-state index contributed by atoms with van der Waals surface area (Å²) in [4.78, 5) is 0. The largest absolute Gasteiger partial charge is 0.0688 e. The molecule has 2 aliphatic rings. The maximum atomic E-state index is 2.46. The smallest absolute Gasteiger partial charge is 0.0158 e. The molecule has 0 radical (unpaired) electrons. The first-order valence-corrected chi connectivity index (χ1v) is 10.2. The highest BCUT2D eigenvalue weighted by molar-refractivity contribution is 7.74. The van der Waals surface area contributed by atoms with Crippen molar-refractivity contribution in [3.8, 4) is 0 Å². The van der Waals surface area contributed by atoms with Crippen LogP contribution in [0.1, 0.15) is 40.5 Å². The molecule has 0 N–H and O–H groups in total. The summed E-state index contributed by atoms with van der Waals surface area (Å²) in [5, 5.41) is 3.53. The van der Waals surface area contributed by atoms with Crippen LogP contribution in [-0.2, 0) is 0 Å². The van der Waals surface area contributed by atoms with Gasteiger partial charge in [-0.25, -0.2) is 0 Å². The molecule has 2 heteroatoms. The molecule has 0 aliphatic carbocycles. The minimum atomic E-state index is 0.138. The van der Waals surface area contributed by atoms with Crippen LogP contribution in [0.15, 0.2) is 24.3 Å². The predicted octanol–water partition coefficient (Wildman–Crippen LogP) is 4.26. The molecule has 3 rings (SSSR count). The highest BCUT2D eigenvalue weighted by Gasteiger charge is 2.41. The summed E-state index contributed by atoms with van der Waals surface area (Å²) in [5.41, 5.74) is 3.83. The monoisotopic (exact) mass is 278 g/mol. The lowest BCUT2D eigenvalue weighted by molar-refractivity contribution is 0.711. The molecule has 0 saturated carbocycles. The van der Waals surface area contributed by atoms with Crippen molar-refractivity contribution in [3.05, 3.63) is 24.3 Å². The second kappa shape index (κ2) is 4.88. The SMILES string of the molecule is C[C@@H]1C[C@H](C)P1c1ccccc1P1[C@H](C)C[C@@H]1C. The molecule has 2 unspecified atom stereocenters. The first-order valence-electron chi connectivity index (χ1n) is 7.25. The highest BCUT2D eigenvalue weighted by Crippen LogP contribution is 2.62. The Labute approximate surface area is 114 Å². The zero-order chi connectivity index (χ0) is 12.9. The van der Waals surface area contributed by atoms with Crippen LogP contribution in [-0.4, -0.2) is 22.6 Å². The van der Waals surface area contributed by atoms with Gasteiger partial charge in [0.15, 0.2) is 0 Å². The molecule has 2 fully saturated rings. The fraction of sp³-hybridized carbons (Fsp3) is 0.625. The summed E-state index contributed by atoms with van der Waals surface area (Å²) < 4.78 is 0. The van der Waals surface area contributed by atoms with Crippen LogP contribution in [0.4, 0.5) is 0 Å². The summed E-state index contributed by atoms with van der Waals surface area (Å²) in [6.45, 7) is 9.85. The predicted molar refractivity (Wildman–Crippen MR) is 86.6 cm³/mol. The van der Waals surface area contributed by atoms with Crippen LogP contribution >= 0.6 is 15.8 Å². The maximum absolute atomic E-state index is 2.46. The summed E-state index contributed by atoms with van der Waals surface area (Å²) >= 11 is 0.